The van der Waals surface area contributed by atoms with Crippen molar-refractivity contribution in [2.75, 3.05) is 23.7 Å². The number of hydrogen-bond donors (Lipinski definition) is 3. The number of nitrogens with zero attached hydrogens (tertiary/aromatic N) is 2. The Labute approximate surface area is 276 Å². The van der Waals surface area contributed by atoms with Gasteiger partial charge in [-0.05, 0) is 86.8 Å². The van der Waals surface area contributed by atoms with E-state index in [1.807, 2.05) is 58.0 Å². The molecule has 1 aliphatic heterocycles. The monoisotopic (exact) mass is 665 g/mol. The highest BCUT2D eigenvalue weighted by molar-refractivity contribution is 6.04. The van der Waals surface area contributed by atoms with Gasteiger partial charge in [-0.15, -0.1) is 0 Å². The number of ketones is 1. The highest BCUT2D eigenvalue weighted by Crippen LogP contribution is 2.38. The number of aryl methyl sites for hydroxylation is 1. The van der Waals surface area contributed by atoms with Crippen molar-refractivity contribution >= 4 is 23.3 Å². The Hall–Kier alpha value is -4.71. The smallest absolute Gasteiger partial charge is 0.428 e. The number of ether oxygens (including phenoxy) is 1. The maximum absolute atomic E-state index is 14.1. The van der Waals surface area contributed by atoms with Crippen LogP contribution >= 0.6 is 0 Å². The third kappa shape index (κ3) is 8.04. The number of benzene rings is 3. The van der Waals surface area contributed by atoms with Gasteiger partial charge in [0.05, 0.1) is 17.3 Å². The van der Waals surface area contributed by atoms with Gasteiger partial charge in [0.15, 0.2) is 5.78 Å². The lowest BCUT2D eigenvalue weighted by Crippen LogP contribution is -2.34. The Morgan fingerprint density at radius 1 is 0.938 bits per heavy atom. The fourth-order valence-corrected chi connectivity index (χ4v) is 5.73. The Morgan fingerprint density at radius 3 is 2.21 bits per heavy atom. The average Bonchev–Trinajstić information content (AvgIpc) is 3.47. The van der Waals surface area contributed by atoms with Crippen LogP contribution < -0.4 is 20.7 Å². The first kappa shape index (κ1) is 34.6. The summed E-state index contributed by atoms with van der Waals surface area (Å²) in [4.78, 5) is 27.7. The highest BCUT2D eigenvalue weighted by Gasteiger charge is 2.44. The number of Topliss-reactive ketones (excluding diaryl/α,β-unsaturated/α-hetero) is 1. The SMILES string of the molecule is Cc1ccc(-n2nc(C(C)(C)C)cc2NC(=O)Nc2ccccc2C(C(=O)c2ccc(OC(F)(F)C(F)F)cc2)C2CCNCC2)cc1. The van der Waals surface area contributed by atoms with Crippen molar-refractivity contribution in [2.24, 2.45) is 5.92 Å². The molecule has 5 rings (SSSR count). The summed E-state index contributed by atoms with van der Waals surface area (Å²) in [5.74, 6) is -1.11. The number of halogens is 4. The van der Waals surface area contributed by atoms with Gasteiger partial charge in [0.1, 0.15) is 11.6 Å². The largest absolute Gasteiger partial charge is 0.461 e. The quantitative estimate of drug-likeness (QED) is 0.117. The molecule has 1 aromatic heterocycles. The molecule has 3 N–H and O–H groups in total. The molecule has 1 atom stereocenters. The molecule has 8 nitrogen and oxygen atoms in total. The average molecular weight is 666 g/mol. The van der Waals surface area contributed by atoms with Crippen molar-refractivity contribution in [2.45, 2.75) is 64.4 Å². The number of anilines is 2. The molecular weight excluding hydrogens is 626 g/mol. The summed E-state index contributed by atoms with van der Waals surface area (Å²) in [5.41, 5.74) is 3.58. The van der Waals surface area contributed by atoms with Gasteiger partial charge in [-0.25, -0.2) is 9.48 Å². The Bertz CT molecular complexity index is 1730. The van der Waals surface area contributed by atoms with Crippen molar-refractivity contribution in [3.8, 4) is 11.4 Å². The van der Waals surface area contributed by atoms with Crippen LogP contribution in [-0.4, -0.2) is 47.2 Å². The lowest BCUT2D eigenvalue weighted by molar-refractivity contribution is -0.253. The van der Waals surface area contributed by atoms with Gasteiger partial charge in [-0.3, -0.25) is 10.1 Å². The molecule has 0 radical (unpaired) electrons. The van der Waals surface area contributed by atoms with E-state index < -0.39 is 30.2 Å². The molecule has 1 unspecified atom stereocenters. The Balaban J connectivity index is 1.43. The molecule has 3 aromatic carbocycles. The molecule has 1 saturated heterocycles. The van der Waals surface area contributed by atoms with Crippen LogP contribution in [0.1, 0.15) is 66.7 Å². The summed E-state index contributed by atoms with van der Waals surface area (Å²) in [6.07, 6.45) is -7.30. The van der Waals surface area contributed by atoms with Crippen LogP contribution in [0.5, 0.6) is 5.75 Å². The number of piperidine rings is 1. The molecule has 0 spiro atoms. The second kappa shape index (κ2) is 14.2. The number of nitrogens with one attached hydrogen (secondary N) is 3. The predicted molar refractivity (Wildman–Crippen MR) is 177 cm³/mol. The number of para-hydroxylation sites is 1. The fraction of sp³-hybridized carbons (Fsp3) is 0.361. The van der Waals surface area contributed by atoms with Crippen molar-refractivity contribution in [3.63, 3.8) is 0 Å². The Kier molecular flexibility index (Phi) is 10.2. The van der Waals surface area contributed by atoms with E-state index in [-0.39, 0.29) is 22.7 Å². The number of urea groups is 1. The van der Waals surface area contributed by atoms with Crippen LogP contribution in [0.2, 0.25) is 0 Å². The van der Waals surface area contributed by atoms with Crippen LogP contribution in [0.3, 0.4) is 0 Å². The minimum absolute atomic E-state index is 0.0961. The first-order chi connectivity index (χ1) is 22.7. The maximum Gasteiger partial charge on any atom is 0.461 e. The summed E-state index contributed by atoms with van der Waals surface area (Å²) in [5, 5.41) is 13.9. The molecule has 12 heteroatoms. The number of hydrogen-bond acceptors (Lipinski definition) is 5. The van der Waals surface area contributed by atoms with Gasteiger partial charge in [-0.2, -0.15) is 22.7 Å². The van der Waals surface area contributed by atoms with Gasteiger partial charge < -0.3 is 15.4 Å². The zero-order chi connectivity index (χ0) is 34.6. The van der Waals surface area contributed by atoms with E-state index in [0.29, 0.717) is 43.0 Å². The van der Waals surface area contributed by atoms with Crippen LogP contribution in [0.25, 0.3) is 5.69 Å². The lowest BCUT2D eigenvalue weighted by Gasteiger charge is -2.31. The molecular formula is C36H39F4N5O3. The van der Waals surface area contributed by atoms with Crippen LogP contribution in [0.15, 0.2) is 78.9 Å². The first-order valence-corrected chi connectivity index (χ1v) is 15.8. The van der Waals surface area contributed by atoms with Crippen LogP contribution in [0, 0.1) is 12.8 Å². The molecule has 1 fully saturated rings. The predicted octanol–water partition coefficient (Wildman–Crippen LogP) is 8.33. The van der Waals surface area contributed by atoms with E-state index in [4.69, 9.17) is 5.10 Å². The van der Waals surface area contributed by atoms with Gasteiger partial charge in [0, 0.05) is 22.7 Å². The molecule has 1 aliphatic rings. The molecule has 48 heavy (non-hydrogen) atoms. The molecule has 254 valence electrons. The zero-order valence-electron chi connectivity index (χ0n) is 27.2. The molecule has 2 heterocycles. The van der Waals surface area contributed by atoms with E-state index >= 15 is 0 Å². The minimum Gasteiger partial charge on any atom is -0.428 e. The van der Waals surface area contributed by atoms with Crippen molar-refractivity contribution in [3.05, 3.63) is 101 Å². The number of rotatable bonds is 10. The second-order valence-electron chi connectivity index (χ2n) is 13.0. The van der Waals surface area contributed by atoms with Gasteiger partial charge in [0.25, 0.3) is 0 Å². The lowest BCUT2D eigenvalue weighted by atomic mass is 9.75. The normalized spacial score (nSPS) is 14.9. The van der Waals surface area contributed by atoms with E-state index in [2.05, 4.69) is 20.7 Å². The summed E-state index contributed by atoms with van der Waals surface area (Å²) >= 11 is 0. The maximum atomic E-state index is 14.1. The van der Waals surface area contributed by atoms with E-state index in [0.717, 1.165) is 29.1 Å². The third-order valence-corrected chi connectivity index (χ3v) is 8.33. The number of carbonyl (C=O) groups is 2. The zero-order valence-corrected chi connectivity index (χ0v) is 27.2. The molecule has 0 saturated carbocycles. The van der Waals surface area contributed by atoms with Crippen molar-refractivity contribution < 1.29 is 31.9 Å². The molecule has 2 amide bonds. The molecule has 0 bridgehead atoms. The highest BCUT2D eigenvalue weighted by atomic mass is 19.3. The topological polar surface area (TPSA) is 97.3 Å². The standard InChI is InChI=1S/C36H39F4N5O3/c1-22-9-13-25(14-10-22)45-30(21-29(44-45)35(2,3)4)43-34(47)42-28-8-6-5-7-27(28)31(23-17-19-41-20-18-23)32(46)24-11-15-26(16-12-24)48-36(39,40)33(37)38/h5-16,21,23,31,33,41H,17-20H2,1-4H3,(H2,42,43,47). The van der Waals surface area contributed by atoms with Crippen molar-refractivity contribution in [1.82, 2.24) is 15.1 Å². The summed E-state index contributed by atoms with van der Waals surface area (Å²) in [7, 11) is 0. The first-order valence-electron chi connectivity index (χ1n) is 15.8. The van der Waals surface area contributed by atoms with E-state index in [9.17, 15) is 27.2 Å². The third-order valence-electron chi connectivity index (χ3n) is 8.33. The molecule has 4 aromatic rings. The summed E-state index contributed by atoms with van der Waals surface area (Å²) in [6.45, 7) is 9.48. The fourth-order valence-electron chi connectivity index (χ4n) is 5.73. The van der Waals surface area contributed by atoms with E-state index in [1.165, 1.54) is 12.1 Å². The molecule has 0 aliphatic carbocycles. The number of aromatic nitrogens is 2. The van der Waals surface area contributed by atoms with Gasteiger partial charge in [-0.1, -0.05) is 56.7 Å². The van der Waals surface area contributed by atoms with Crippen LogP contribution in [0.4, 0.5) is 33.9 Å². The van der Waals surface area contributed by atoms with Crippen molar-refractivity contribution in [1.29, 1.82) is 0 Å². The number of amides is 2. The van der Waals surface area contributed by atoms with E-state index in [1.54, 1.807) is 28.9 Å². The number of alkyl halides is 4. The summed E-state index contributed by atoms with van der Waals surface area (Å²) in [6, 6.07) is 20.8. The van der Waals surface area contributed by atoms with Crippen LogP contribution in [-0.2, 0) is 5.41 Å². The number of carbonyl (C=O) groups excluding carboxylic acids is 2. The second-order valence-corrected chi connectivity index (χ2v) is 13.0. The Morgan fingerprint density at radius 2 is 1.58 bits per heavy atom. The minimum atomic E-state index is -4.67. The van der Waals surface area contributed by atoms with Gasteiger partial charge >= 0.3 is 18.6 Å². The van der Waals surface area contributed by atoms with Gasteiger partial charge in [0.2, 0.25) is 0 Å². The summed E-state index contributed by atoms with van der Waals surface area (Å²) < 4.78 is 58.0.